The number of benzene rings is 2. The molecule has 0 saturated carbocycles. The van der Waals surface area contributed by atoms with Gasteiger partial charge in [0.2, 0.25) is 21.8 Å². The van der Waals surface area contributed by atoms with Crippen LogP contribution >= 0.6 is 39.1 Å². The number of sulfonamides is 1. The number of carbonyl (C=O) groups excluding carboxylic acids is 2. The van der Waals surface area contributed by atoms with Crippen molar-refractivity contribution in [2.45, 2.75) is 52.2 Å². The Hall–Kier alpha value is -1.81. The molecular weight excluding hydrogens is 577 g/mol. The van der Waals surface area contributed by atoms with E-state index in [9.17, 15) is 18.0 Å². The molecule has 1 unspecified atom stereocenters. The minimum Gasteiger partial charge on any atom is -0.350 e. The summed E-state index contributed by atoms with van der Waals surface area (Å²) < 4.78 is 26.9. The summed E-state index contributed by atoms with van der Waals surface area (Å²) in [6.07, 6.45) is 1.36. The average molecular weight is 607 g/mol. The topological polar surface area (TPSA) is 86.8 Å². The Morgan fingerprint density at radius 1 is 1.09 bits per heavy atom. The van der Waals surface area contributed by atoms with Gasteiger partial charge < -0.3 is 10.2 Å². The molecule has 1 N–H and O–H groups in total. The van der Waals surface area contributed by atoms with Gasteiger partial charge in [0.25, 0.3) is 0 Å². The van der Waals surface area contributed by atoms with E-state index in [1.165, 1.54) is 4.90 Å². The van der Waals surface area contributed by atoms with Crippen LogP contribution in [0.2, 0.25) is 10.0 Å². The summed E-state index contributed by atoms with van der Waals surface area (Å²) in [5.74, 6) is -0.867. The van der Waals surface area contributed by atoms with Crippen LogP contribution in [-0.2, 0) is 26.2 Å². The molecule has 7 nitrogen and oxygen atoms in total. The molecule has 0 bridgehead atoms. The quantitative estimate of drug-likeness (QED) is 0.423. The van der Waals surface area contributed by atoms with Crippen LogP contribution < -0.4 is 9.62 Å². The molecular formula is C24H30BrCl2N3O4S. The lowest BCUT2D eigenvalue weighted by atomic mass is 10.1. The Kier molecular flexibility index (Phi) is 10.0. The van der Waals surface area contributed by atoms with Crippen LogP contribution in [0.25, 0.3) is 0 Å². The maximum atomic E-state index is 13.7. The van der Waals surface area contributed by atoms with E-state index in [-0.39, 0.29) is 12.5 Å². The maximum absolute atomic E-state index is 13.7. The highest BCUT2D eigenvalue weighted by molar-refractivity contribution is 9.10. The molecule has 0 fully saturated rings. The van der Waals surface area contributed by atoms with Gasteiger partial charge in [0.05, 0.1) is 22.0 Å². The van der Waals surface area contributed by atoms with Crippen molar-refractivity contribution < 1.29 is 18.0 Å². The fraction of sp³-hybridized carbons (Fsp3) is 0.417. The number of halogens is 3. The normalized spacial score (nSPS) is 12.7. The van der Waals surface area contributed by atoms with Crippen LogP contribution in [0, 0.1) is 0 Å². The number of rotatable bonds is 9. The summed E-state index contributed by atoms with van der Waals surface area (Å²) in [4.78, 5) is 28.2. The summed E-state index contributed by atoms with van der Waals surface area (Å²) >= 11 is 15.6. The molecule has 35 heavy (non-hydrogen) atoms. The average Bonchev–Trinajstić information content (AvgIpc) is 2.73. The molecule has 0 aromatic heterocycles. The summed E-state index contributed by atoms with van der Waals surface area (Å²) in [5.41, 5.74) is 0.461. The van der Waals surface area contributed by atoms with Crippen molar-refractivity contribution in [2.75, 3.05) is 17.1 Å². The largest absolute Gasteiger partial charge is 0.350 e. The van der Waals surface area contributed by atoms with E-state index in [1.54, 1.807) is 49.4 Å². The van der Waals surface area contributed by atoms with Crippen LogP contribution in [0.3, 0.4) is 0 Å². The molecule has 0 aliphatic carbocycles. The molecule has 0 aliphatic heterocycles. The number of hydrogen-bond acceptors (Lipinski definition) is 4. The molecule has 11 heteroatoms. The van der Waals surface area contributed by atoms with E-state index in [1.807, 2.05) is 20.8 Å². The van der Waals surface area contributed by atoms with Crippen LogP contribution in [-0.4, -0.2) is 49.5 Å². The van der Waals surface area contributed by atoms with Crippen molar-refractivity contribution >= 4 is 66.7 Å². The molecule has 0 saturated heterocycles. The molecule has 2 aromatic rings. The van der Waals surface area contributed by atoms with E-state index in [2.05, 4.69) is 21.2 Å². The molecule has 2 aromatic carbocycles. The van der Waals surface area contributed by atoms with Crippen molar-refractivity contribution in [3.63, 3.8) is 0 Å². The van der Waals surface area contributed by atoms with Gasteiger partial charge in [-0.3, -0.25) is 13.9 Å². The lowest BCUT2D eigenvalue weighted by Crippen LogP contribution is -2.55. The predicted octanol–water partition coefficient (Wildman–Crippen LogP) is 5.24. The van der Waals surface area contributed by atoms with Gasteiger partial charge in [0, 0.05) is 16.6 Å². The van der Waals surface area contributed by atoms with Crippen molar-refractivity contribution in [3.05, 3.63) is 62.5 Å². The molecule has 0 radical (unpaired) electrons. The fourth-order valence-electron chi connectivity index (χ4n) is 3.46. The molecule has 1 atom stereocenters. The van der Waals surface area contributed by atoms with E-state index in [0.717, 1.165) is 10.6 Å². The summed E-state index contributed by atoms with van der Waals surface area (Å²) in [7, 11) is -3.82. The third kappa shape index (κ3) is 8.37. The van der Waals surface area contributed by atoms with Crippen LogP contribution in [0.1, 0.15) is 39.7 Å². The van der Waals surface area contributed by atoms with Gasteiger partial charge in [-0.15, -0.1) is 0 Å². The van der Waals surface area contributed by atoms with Crippen molar-refractivity contribution in [1.29, 1.82) is 0 Å². The Labute approximate surface area is 225 Å². The maximum Gasteiger partial charge on any atom is 0.244 e. The first kappa shape index (κ1) is 29.4. The van der Waals surface area contributed by atoms with Gasteiger partial charge in [-0.05, 0) is 73.0 Å². The van der Waals surface area contributed by atoms with Gasteiger partial charge in [-0.2, -0.15) is 0 Å². The minimum atomic E-state index is -3.82. The Morgan fingerprint density at radius 3 is 2.23 bits per heavy atom. The van der Waals surface area contributed by atoms with Crippen molar-refractivity contribution in [2.24, 2.45) is 0 Å². The monoisotopic (exact) mass is 605 g/mol. The lowest BCUT2D eigenvalue weighted by Gasteiger charge is -2.34. The second kappa shape index (κ2) is 12.0. The highest BCUT2D eigenvalue weighted by Crippen LogP contribution is 2.28. The summed E-state index contributed by atoms with van der Waals surface area (Å²) in [5, 5.41) is 3.60. The smallest absolute Gasteiger partial charge is 0.244 e. The first-order valence-corrected chi connectivity index (χ1v) is 14.3. The predicted molar refractivity (Wildman–Crippen MR) is 145 cm³/mol. The number of para-hydroxylation sites is 1. The second-order valence-corrected chi connectivity index (χ2v) is 12.7. The molecule has 0 heterocycles. The van der Waals surface area contributed by atoms with Gasteiger partial charge in [-0.25, -0.2) is 8.42 Å². The molecule has 2 amide bonds. The highest BCUT2D eigenvalue weighted by Gasteiger charge is 2.33. The fourth-order valence-corrected chi connectivity index (χ4v) is 5.25. The zero-order chi connectivity index (χ0) is 26.6. The standard InChI is InChI=1S/C24H30BrCl2N3O4S/c1-6-20(23(32)28-24(2,3)4)29(14-16-11-12-18(26)19(27)13-16)22(31)15-30(35(5,33)34)21-10-8-7-9-17(21)25/h7-13,20H,6,14-15H2,1-5H3,(H,28,32). The minimum absolute atomic E-state index is 0.0410. The first-order chi connectivity index (χ1) is 16.1. The first-order valence-electron chi connectivity index (χ1n) is 10.9. The zero-order valence-electron chi connectivity index (χ0n) is 20.3. The SMILES string of the molecule is CCC(C(=O)NC(C)(C)C)N(Cc1ccc(Cl)c(Cl)c1)C(=O)CN(c1ccccc1Br)S(C)(=O)=O. The highest BCUT2D eigenvalue weighted by atomic mass is 79.9. The van der Waals surface area contributed by atoms with Gasteiger partial charge in [0.1, 0.15) is 12.6 Å². The van der Waals surface area contributed by atoms with E-state index in [0.29, 0.717) is 32.2 Å². The molecule has 192 valence electrons. The zero-order valence-corrected chi connectivity index (χ0v) is 24.2. The lowest BCUT2D eigenvalue weighted by molar-refractivity contribution is -0.141. The number of amides is 2. The van der Waals surface area contributed by atoms with Crippen LogP contribution in [0.15, 0.2) is 46.9 Å². The van der Waals surface area contributed by atoms with Crippen molar-refractivity contribution in [1.82, 2.24) is 10.2 Å². The van der Waals surface area contributed by atoms with E-state index < -0.39 is 34.1 Å². The van der Waals surface area contributed by atoms with E-state index >= 15 is 0 Å². The van der Waals surface area contributed by atoms with Gasteiger partial charge in [0.15, 0.2) is 0 Å². The second-order valence-electron chi connectivity index (χ2n) is 9.15. The number of nitrogens with zero attached hydrogens (tertiary/aromatic N) is 2. The molecule has 0 aliphatic rings. The third-order valence-corrected chi connectivity index (χ3v) is 7.56. The Bertz CT molecular complexity index is 1190. The van der Waals surface area contributed by atoms with Crippen LogP contribution in [0.4, 0.5) is 5.69 Å². The third-order valence-electron chi connectivity index (χ3n) is 5.02. The van der Waals surface area contributed by atoms with Gasteiger partial charge >= 0.3 is 0 Å². The number of nitrogens with one attached hydrogen (secondary N) is 1. The summed E-state index contributed by atoms with van der Waals surface area (Å²) in [6.45, 7) is 6.90. The molecule has 2 rings (SSSR count). The van der Waals surface area contributed by atoms with Crippen molar-refractivity contribution in [3.8, 4) is 0 Å². The van der Waals surface area contributed by atoms with E-state index in [4.69, 9.17) is 23.2 Å². The Morgan fingerprint density at radius 2 is 1.71 bits per heavy atom. The Balaban J connectivity index is 2.50. The summed E-state index contributed by atoms with van der Waals surface area (Å²) in [6, 6.07) is 10.8. The number of carbonyl (C=O) groups is 2. The number of anilines is 1. The van der Waals surface area contributed by atoms with Gasteiger partial charge in [-0.1, -0.05) is 48.3 Å². The van der Waals surface area contributed by atoms with Crippen LogP contribution in [0.5, 0.6) is 0 Å². The number of hydrogen-bond donors (Lipinski definition) is 1. The molecule has 0 spiro atoms.